The molecule has 0 heterocycles. The summed E-state index contributed by atoms with van der Waals surface area (Å²) in [6, 6.07) is 3.70. The van der Waals surface area contributed by atoms with E-state index in [-0.39, 0.29) is 16.4 Å². The average molecular weight is 269 g/mol. The van der Waals surface area contributed by atoms with Crippen molar-refractivity contribution in [1.82, 2.24) is 0 Å². The Hall–Kier alpha value is -1.02. The van der Waals surface area contributed by atoms with Gasteiger partial charge in [-0.2, -0.15) is 0 Å². The number of carboxylic acid groups (broad SMARTS) is 1. The monoisotopic (exact) mass is 268 g/mol. The average Bonchev–Trinajstić information content (AvgIpc) is 2.13. The predicted octanol–water partition coefficient (Wildman–Crippen LogP) is 4.63. The molecule has 0 aromatic heterocycles. The second-order valence-electron chi connectivity index (χ2n) is 6.69. The van der Waals surface area contributed by atoms with Gasteiger partial charge in [-0.05, 0) is 28.0 Å². The Morgan fingerprint density at radius 2 is 1.56 bits per heavy atom. The lowest BCUT2D eigenvalue weighted by atomic mass is 9.79. The van der Waals surface area contributed by atoms with Crippen molar-refractivity contribution in [3.63, 3.8) is 0 Å². The first-order valence-electron chi connectivity index (χ1n) is 6.02. The van der Waals surface area contributed by atoms with Crippen molar-refractivity contribution < 1.29 is 9.90 Å². The highest BCUT2D eigenvalue weighted by Crippen LogP contribution is 2.36. The summed E-state index contributed by atoms with van der Waals surface area (Å²) in [6.45, 7) is 12.3. The minimum atomic E-state index is -0.975. The van der Waals surface area contributed by atoms with Gasteiger partial charge in [0.15, 0.2) is 0 Å². The highest BCUT2D eigenvalue weighted by atomic mass is 35.5. The minimum Gasteiger partial charge on any atom is -0.478 e. The SMILES string of the molecule is CC(C)(C)c1cc(C(=O)O)c(Cl)c(C(C)(C)C)c1. The molecule has 3 heteroatoms. The standard InChI is InChI=1S/C15H21ClO2/c1-14(2,3)9-7-10(13(17)18)12(16)11(8-9)15(4,5)6/h7-8H,1-6H3,(H,17,18). The van der Waals surface area contributed by atoms with Crippen molar-refractivity contribution in [2.45, 2.75) is 52.4 Å². The first-order chi connectivity index (χ1) is 7.94. The van der Waals surface area contributed by atoms with Gasteiger partial charge in [0.25, 0.3) is 0 Å². The molecule has 0 unspecified atom stereocenters. The Kier molecular flexibility index (Phi) is 3.83. The van der Waals surface area contributed by atoms with Gasteiger partial charge in [0, 0.05) is 0 Å². The smallest absolute Gasteiger partial charge is 0.337 e. The van der Waals surface area contributed by atoms with Crippen LogP contribution in [0.15, 0.2) is 12.1 Å². The number of rotatable bonds is 1. The van der Waals surface area contributed by atoms with Crippen LogP contribution in [-0.2, 0) is 10.8 Å². The maximum atomic E-state index is 11.3. The Labute approximate surface area is 114 Å². The molecule has 1 aromatic carbocycles. The molecule has 100 valence electrons. The fraction of sp³-hybridized carbons (Fsp3) is 0.533. The van der Waals surface area contributed by atoms with E-state index in [0.29, 0.717) is 5.02 Å². The van der Waals surface area contributed by atoms with Crippen LogP contribution in [0.2, 0.25) is 5.02 Å². The van der Waals surface area contributed by atoms with Crippen LogP contribution in [0.5, 0.6) is 0 Å². The summed E-state index contributed by atoms with van der Waals surface area (Å²) in [5, 5.41) is 9.61. The molecule has 18 heavy (non-hydrogen) atoms. The maximum absolute atomic E-state index is 11.3. The Balaban J connectivity index is 3.63. The first kappa shape index (κ1) is 15.0. The number of benzene rings is 1. The third-order valence-corrected chi connectivity index (χ3v) is 3.38. The molecule has 0 saturated carbocycles. The van der Waals surface area contributed by atoms with Gasteiger partial charge in [0.05, 0.1) is 10.6 Å². The summed E-state index contributed by atoms with van der Waals surface area (Å²) in [4.78, 5) is 11.3. The lowest BCUT2D eigenvalue weighted by molar-refractivity contribution is 0.0697. The number of halogens is 1. The van der Waals surface area contributed by atoms with Crippen molar-refractivity contribution >= 4 is 17.6 Å². The fourth-order valence-corrected chi connectivity index (χ4v) is 2.23. The van der Waals surface area contributed by atoms with Gasteiger partial charge >= 0.3 is 5.97 Å². The molecule has 1 rings (SSSR count). The molecule has 0 amide bonds. The van der Waals surface area contributed by atoms with Gasteiger partial charge < -0.3 is 5.11 Å². The fourth-order valence-electron chi connectivity index (χ4n) is 1.76. The summed E-state index contributed by atoms with van der Waals surface area (Å²) in [5.41, 5.74) is 1.79. The van der Waals surface area contributed by atoms with E-state index in [2.05, 4.69) is 20.8 Å². The van der Waals surface area contributed by atoms with E-state index in [1.54, 1.807) is 6.07 Å². The number of carboxylic acids is 1. The molecule has 0 atom stereocenters. The number of hydrogen-bond donors (Lipinski definition) is 1. The first-order valence-corrected chi connectivity index (χ1v) is 6.40. The molecule has 0 aliphatic heterocycles. The van der Waals surface area contributed by atoms with Crippen molar-refractivity contribution in [2.75, 3.05) is 0 Å². The zero-order valence-corrected chi connectivity index (χ0v) is 12.6. The summed E-state index contributed by atoms with van der Waals surface area (Å²) in [7, 11) is 0. The van der Waals surface area contributed by atoms with Crippen LogP contribution in [0, 0.1) is 0 Å². The second-order valence-corrected chi connectivity index (χ2v) is 7.07. The van der Waals surface area contributed by atoms with Crippen molar-refractivity contribution in [2.24, 2.45) is 0 Å². The molecule has 1 N–H and O–H groups in total. The summed E-state index contributed by atoms with van der Waals surface area (Å²) >= 11 is 6.23. The van der Waals surface area contributed by atoms with Gasteiger partial charge in [-0.1, -0.05) is 59.2 Å². The van der Waals surface area contributed by atoms with E-state index in [1.165, 1.54) is 0 Å². The lowest BCUT2D eigenvalue weighted by Crippen LogP contribution is -2.19. The van der Waals surface area contributed by atoms with Crippen molar-refractivity contribution in [1.29, 1.82) is 0 Å². The van der Waals surface area contributed by atoms with Crippen LogP contribution < -0.4 is 0 Å². The zero-order chi connectivity index (χ0) is 14.3. The maximum Gasteiger partial charge on any atom is 0.337 e. The minimum absolute atomic E-state index is 0.102. The lowest BCUT2D eigenvalue weighted by Gasteiger charge is -2.27. The molecule has 1 aromatic rings. The summed E-state index contributed by atoms with van der Waals surface area (Å²) in [5.74, 6) is -0.975. The van der Waals surface area contributed by atoms with Crippen LogP contribution in [-0.4, -0.2) is 11.1 Å². The van der Waals surface area contributed by atoms with E-state index in [9.17, 15) is 9.90 Å². The highest BCUT2D eigenvalue weighted by molar-refractivity contribution is 6.34. The molecule has 0 spiro atoms. The van der Waals surface area contributed by atoms with Gasteiger partial charge in [-0.15, -0.1) is 0 Å². The predicted molar refractivity (Wildman–Crippen MR) is 75.8 cm³/mol. The molecule has 0 fully saturated rings. The van der Waals surface area contributed by atoms with Gasteiger partial charge in [-0.25, -0.2) is 4.79 Å². The van der Waals surface area contributed by atoms with Gasteiger partial charge in [0.1, 0.15) is 0 Å². The van der Waals surface area contributed by atoms with Gasteiger partial charge in [0.2, 0.25) is 0 Å². The Bertz CT molecular complexity index is 476. The van der Waals surface area contributed by atoms with Crippen molar-refractivity contribution in [3.8, 4) is 0 Å². The number of carbonyl (C=O) groups is 1. The molecule has 0 radical (unpaired) electrons. The van der Waals surface area contributed by atoms with E-state index in [4.69, 9.17) is 11.6 Å². The third kappa shape index (κ3) is 3.05. The normalized spacial score (nSPS) is 12.6. The molecule has 0 aliphatic carbocycles. The number of hydrogen-bond acceptors (Lipinski definition) is 1. The summed E-state index contributed by atoms with van der Waals surface area (Å²) < 4.78 is 0. The van der Waals surface area contributed by atoms with Crippen LogP contribution in [0.4, 0.5) is 0 Å². The van der Waals surface area contributed by atoms with Crippen molar-refractivity contribution in [3.05, 3.63) is 33.8 Å². The molecule has 2 nitrogen and oxygen atoms in total. The quantitative estimate of drug-likeness (QED) is 0.806. The largest absolute Gasteiger partial charge is 0.478 e. The molecular formula is C15H21ClO2. The zero-order valence-electron chi connectivity index (χ0n) is 11.9. The van der Waals surface area contributed by atoms with Gasteiger partial charge in [-0.3, -0.25) is 0 Å². The third-order valence-electron chi connectivity index (χ3n) is 2.98. The highest BCUT2D eigenvalue weighted by Gasteiger charge is 2.26. The molecule has 0 bridgehead atoms. The van der Waals surface area contributed by atoms with E-state index < -0.39 is 5.97 Å². The number of aromatic carboxylic acids is 1. The van der Waals surface area contributed by atoms with E-state index >= 15 is 0 Å². The molecule has 0 aliphatic rings. The van der Waals surface area contributed by atoms with E-state index in [0.717, 1.165) is 11.1 Å². The molecular weight excluding hydrogens is 248 g/mol. The topological polar surface area (TPSA) is 37.3 Å². The van der Waals surface area contributed by atoms with E-state index in [1.807, 2.05) is 26.8 Å². The van der Waals surface area contributed by atoms with Crippen LogP contribution in [0.1, 0.15) is 63.0 Å². The summed E-state index contributed by atoms with van der Waals surface area (Å²) in [6.07, 6.45) is 0. The van der Waals surface area contributed by atoms with Crippen LogP contribution >= 0.6 is 11.6 Å². The van der Waals surface area contributed by atoms with Crippen LogP contribution in [0.3, 0.4) is 0 Å². The van der Waals surface area contributed by atoms with Crippen LogP contribution in [0.25, 0.3) is 0 Å². The Morgan fingerprint density at radius 1 is 1.06 bits per heavy atom. The Morgan fingerprint density at radius 3 is 1.89 bits per heavy atom. The second kappa shape index (κ2) is 4.58. The molecule has 0 saturated heterocycles.